The Labute approximate surface area is 251 Å². The van der Waals surface area contributed by atoms with E-state index in [-0.39, 0.29) is 25.7 Å². The number of carbonyl (C=O) groups excluding carboxylic acids is 1. The molecule has 0 aromatic heterocycles. The zero-order chi connectivity index (χ0) is 30.4. The molecular formula is C32H37N5O6. The Morgan fingerprint density at radius 3 is 2.12 bits per heavy atom. The quantitative estimate of drug-likeness (QED) is 0.212. The van der Waals surface area contributed by atoms with E-state index in [4.69, 9.17) is 18.9 Å². The Morgan fingerprint density at radius 2 is 1.58 bits per heavy atom. The largest absolute Gasteiger partial charge is 0.497 e. The van der Waals surface area contributed by atoms with Crippen LogP contribution in [0.1, 0.15) is 23.1 Å². The fraction of sp³-hybridized carbons (Fsp3) is 0.344. The zero-order valence-electron chi connectivity index (χ0n) is 24.7. The molecule has 5 rings (SSSR count). The van der Waals surface area contributed by atoms with Crippen molar-refractivity contribution < 1.29 is 28.8 Å². The van der Waals surface area contributed by atoms with Crippen LogP contribution in [0.4, 0.5) is 4.79 Å². The van der Waals surface area contributed by atoms with Gasteiger partial charge in [-0.2, -0.15) is 0 Å². The van der Waals surface area contributed by atoms with Gasteiger partial charge in [0.1, 0.15) is 36.1 Å². The summed E-state index contributed by atoms with van der Waals surface area (Å²) in [6.07, 6.45) is -0.469. The van der Waals surface area contributed by atoms with Crippen molar-refractivity contribution in [2.45, 2.75) is 30.5 Å². The number of aliphatic hydroxyl groups is 1. The van der Waals surface area contributed by atoms with Gasteiger partial charge in [0.25, 0.3) is 0 Å². The number of aliphatic hydroxyl groups excluding tert-OH is 1. The first-order chi connectivity index (χ1) is 20.8. The normalized spacial score (nSPS) is 20.6. The molecule has 0 saturated carbocycles. The average Bonchev–Trinajstić information content (AvgIpc) is 3.41. The van der Waals surface area contributed by atoms with E-state index < -0.39 is 30.1 Å². The van der Waals surface area contributed by atoms with E-state index >= 15 is 0 Å². The van der Waals surface area contributed by atoms with Gasteiger partial charge >= 0.3 is 6.03 Å². The second-order valence-corrected chi connectivity index (χ2v) is 10.5. The van der Waals surface area contributed by atoms with Gasteiger partial charge in [-0.25, -0.2) is 14.8 Å². The molecule has 0 unspecified atom stereocenters. The van der Waals surface area contributed by atoms with Crippen molar-refractivity contribution in [2.75, 3.05) is 41.6 Å². The predicted molar refractivity (Wildman–Crippen MR) is 162 cm³/mol. The van der Waals surface area contributed by atoms with Crippen molar-refractivity contribution in [3.63, 3.8) is 0 Å². The number of amides is 2. The molecule has 2 N–H and O–H groups in total. The Bertz CT molecular complexity index is 1380. The second kappa shape index (κ2) is 13.2. The minimum absolute atomic E-state index is 0.0434. The van der Waals surface area contributed by atoms with Crippen LogP contribution in [-0.4, -0.2) is 93.3 Å². The van der Waals surface area contributed by atoms with E-state index in [0.29, 0.717) is 0 Å². The van der Waals surface area contributed by atoms with Crippen LogP contribution >= 0.6 is 0 Å². The van der Waals surface area contributed by atoms with Crippen LogP contribution < -0.4 is 14.8 Å². The van der Waals surface area contributed by atoms with E-state index in [1.807, 2.05) is 93.0 Å². The van der Waals surface area contributed by atoms with Crippen LogP contribution in [0.15, 0.2) is 88.8 Å². The van der Waals surface area contributed by atoms with E-state index in [9.17, 15) is 9.90 Å². The van der Waals surface area contributed by atoms with Crippen LogP contribution in [0.25, 0.3) is 0 Å². The number of urea groups is 1. The van der Waals surface area contributed by atoms with Crippen LogP contribution in [0.5, 0.6) is 11.5 Å². The lowest BCUT2D eigenvalue weighted by Gasteiger charge is -2.37. The lowest BCUT2D eigenvalue weighted by molar-refractivity contribution is -0.102. The first kappa shape index (κ1) is 30.0. The highest BCUT2D eigenvalue weighted by Crippen LogP contribution is 2.42. The van der Waals surface area contributed by atoms with Crippen molar-refractivity contribution in [3.05, 3.63) is 95.6 Å². The van der Waals surface area contributed by atoms with Gasteiger partial charge in [0.05, 0.1) is 33.3 Å². The number of ether oxygens (including phenoxy) is 4. The summed E-state index contributed by atoms with van der Waals surface area (Å²) >= 11 is 0. The average molecular weight is 588 g/mol. The molecule has 1 saturated heterocycles. The highest BCUT2D eigenvalue weighted by Gasteiger charge is 2.44. The first-order valence-corrected chi connectivity index (χ1v) is 14.0. The van der Waals surface area contributed by atoms with Gasteiger partial charge in [0, 0.05) is 20.5 Å². The monoisotopic (exact) mass is 587 g/mol. The minimum atomic E-state index is -1.06. The summed E-state index contributed by atoms with van der Waals surface area (Å²) in [5, 5.41) is 13.7. The summed E-state index contributed by atoms with van der Waals surface area (Å²) in [6, 6.07) is 24.9. The molecule has 2 heterocycles. The Hall–Kier alpha value is -4.45. The molecule has 3 aromatic rings. The molecule has 0 spiro atoms. The molecule has 226 valence electrons. The molecule has 0 radical (unpaired) electrons. The van der Waals surface area contributed by atoms with Crippen LogP contribution in [0.3, 0.4) is 0 Å². The number of methoxy groups -OCH3 is 2. The molecule has 1 fully saturated rings. The lowest BCUT2D eigenvalue weighted by Crippen LogP contribution is -2.51. The van der Waals surface area contributed by atoms with Gasteiger partial charge in [0.15, 0.2) is 0 Å². The first-order valence-electron chi connectivity index (χ1n) is 14.0. The fourth-order valence-electron chi connectivity index (χ4n) is 5.22. The fourth-order valence-corrected chi connectivity index (χ4v) is 5.22. The number of hydrogen-bond acceptors (Lipinski definition) is 8. The zero-order valence-corrected chi connectivity index (χ0v) is 24.7. The summed E-state index contributed by atoms with van der Waals surface area (Å²) in [5.41, 5.74) is 1.56. The van der Waals surface area contributed by atoms with Crippen molar-refractivity contribution in [1.29, 1.82) is 0 Å². The smallest absolute Gasteiger partial charge is 0.327 e. The molecule has 2 aliphatic heterocycles. The summed E-state index contributed by atoms with van der Waals surface area (Å²) in [6.45, 7) is 0.101. The molecular weight excluding hydrogens is 550 g/mol. The number of nitrogens with zero attached hydrogens (tertiary/aromatic N) is 4. The molecule has 3 aromatic carbocycles. The number of hydrogen-bond donors (Lipinski definition) is 2. The Morgan fingerprint density at radius 1 is 1.00 bits per heavy atom. The van der Waals surface area contributed by atoms with Crippen LogP contribution in [0, 0.1) is 0 Å². The summed E-state index contributed by atoms with van der Waals surface area (Å²) in [7, 11) is 6.90. The Kier molecular flexibility index (Phi) is 9.24. The molecule has 2 aliphatic rings. The van der Waals surface area contributed by atoms with Crippen molar-refractivity contribution in [1.82, 2.24) is 15.1 Å². The third-order valence-corrected chi connectivity index (χ3v) is 7.45. The van der Waals surface area contributed by atoms with E-state index in [1.54, 1.807) is 25.5 Å². The lowest BCUT2D eigenvalue weighted by atomic mass is 9.80. The van der Waals surface area contributed by atoms with Gasteiger partial charge in [0.2, 0.25) is 5.96 Å². The third-order valence-electron chi connectivity index (χ3n) is 7.45. The number of aliphatic imine (C=N–C) groups is 2. The van der Waals surface area contributed by atoms with E-state index in [1.165, 1.54) is 4.90 Å². The minimum Gasteiger partial charge on any atom is -0.497 e. The van der Waals surface area contributed by atoms with Gasteiger partial charge in [-0.3, -0.25) is 10.2 Å². The van der Waals surface area contributed by atoms with Crippen LogP contribution in [-0.2, 0) is 15.1 Å². The molecule has 0 bridgehead atoms. The molecule has 2 amide bonds. The highest BCUT2D eigenvalue weighted by atomic mass is 16.6. The molecule has 11 heteroatoms. The third kappa shape index (κ3) is 6.48. The van der Waals surface area contributed by atoms with Gasteiger partial charge in [-0.15, -0.1) is 0 Å². The molecule has 11 nitrogen and oxygen atoms in total. The van der Waals surface area contributed by atoms with Crippen LogP contribution in [0.2, 0.25) is 0 Å². The van der Waals surface area contributed by atoms with E-state index in [2.05, 4.69) is 15.3 Å². The number of benzene rings is 3. The summed E-state index contributed by atoms with van der Waals surface area (Å²) in [5.74, 6) is 1.66. The molecule has 0 aliphatic carbocycles. The van der Waals surface area contributed by atoms with Gasteiger partial charge < -0.3 is 29.0 Å². The maximum Gasteiger partial charge on any atom is 0.327 e. The summed E-state index contributed by atoms with van der Waals surface area (Å²) in [4.78, 5) is 24.5. The molecule has 43 heavy (non-hydrogen) atoms. The number of guanidine groups is 1. The maximum atomic E-state index is 12.9. The van der Waals surface area contributed by atoms with Crippen molar-refractivity contribution >= 4 is 18.3 Å². The van der Waals surface area contributed by atoms with Gasteiger partial charge in [-0.1, -0.05) is 54.6 Å². The number of rotatable bonds is 10. The Balaban J connectivity index is 1.43. The highest BCUT2D eigenvalue weighted by molar-refractivity contribution is 6.00. The predicted octanol–water partition coefficient (Wildman–Crippen LogP) is 3.42. The number of nitrogens with one attached hydrogen (secondary N) is 1. The summed E-state index contributed by atoms with van der Waals surface area (Å²) < 4.78 is 24.0. The van der Waals surface area contributed by atoms with Crippen molar-refractivity contribution in [2.24, 2.45) is 9.98 Å². The van der Waals surface area contributed by atoms with E-state index in [0.717, 1.165) is 28.2 Å². The standard InChI is InChI=1S/C32H37N5O6/c1-36(2)20-33-30-34-21-37(31(39)35-30)29-18-27(38)28(43-29)19-42-32(22-8-6-5-7-9-22,23-10-14-25(40-3)15-11-23)24-12-16-26(41-4)17-13-24/h5-17,20,27-29,38H,18-19,21H2,1-4H3,(H,34,35,39)/t27-,28+,29+/m0/s1. The number of carbonyl (C=O) groups is 1. The van der Waals surface area contributed by atoms with Crippen molar-refractivity contribution in [3.8, 4) is 11.5 Å². The topological polar surface area (TPSA) is 117 Å². The van der Waals surface area contributed by atoms with Gasteiger partial charge in [-0.05, 0) is 41.0 Å². The second-order valence-electron chi connectivity index (χ2n) is 10.5. The molecule has 3 atom stereocenters. The maximum absolute atomic E-state index is 12.9. The SMILES string of the molecule is COc1ccc(C(OC[C@H]2O[C@@H](N3CN=C(N=CN(C)C)NC3=O)C[C@@H]2O)(c2ccccc2)c2ccc(OC)cc2)cc1.